The summed E-state index contributed by atoms with van der Waals surface area (Å²) in [7, 11) is 0. The zero-order valence-corrected chi connectivity index (χ0v) is 10.7. The van der Waals surface area contributed by atoms with Crippen molar-refractivity contribution in [2.45, 2.75) is 71.1 Å². The number of fused-ring (bicyclic) bond motifs is 1. The zero-order valence-electron chi connectivity index (χ0n) is 10.7. The molecule has 2 rings (SSSR count). The number of carbonyl (C=O) groups is 1. The number of carbonyl (C=O) groups excluding carboxylic acids is 1. The fourth-order valence-corrected chi connectivity index (χ4v) is 3.84. The molecule has 2 aliphatic rings. The maximum atomic E-state index is 11.4. The summed E-state index contributed by atoms with van der Waals surface area (Å²) in [5, 5.41) is 0. The van der Waals surface area contributed by atoms with E-state index >= 15 is 0 Å². The number of hydrogen-bond donors (Lipinski definition) is 0. The third kappa shape index (κ3) is 2.87. The zero-order chi connectivity index (χ0) is 11.4. The molecule has 0 heterocycles. The van der Waals surface area contributed by atoms with E-state index in [1.165, 1.54) is 51.4 Å². The lowest BCUT2D eigenvalue weighted by atomic mass is 9.88. The Morgan fingerprint density at radius 1 is 1.06 bits per heavy atom. The van der Waals surface area contributed by atoms with Gasteiger partial charge in [-0.05, 0) is 30.6 Å². The standard InChI is InChI=1S/C15H26O/c1-2-3-4-5-6-7-12-8-9-13-10-14(16)11-15(12)13/h12-13,15H,2-11H2,1H3. The van der Waals surface area contributed by atoms with Gasteiger partial charge in [0.2, 0.25) is 0 Å². The molecule has 3 unspecified atom stereocenters. The lowest BCUT2D eigenvalue weighted by Gasteiger charge is -2.17. The number of ketones is 1. The van der Waals surface area contributed by atoms with Crippen LogP contribution in [0.2, 0.25) is 0 Å². The molecule has 0 bridgehead atoms. The lowest BCUT2D eigenvalue weighted by Crippen LogP contribution is -2.09. The van der Waals surface area contributed by atoms with Crippen molar-refractivity contribution in [2.24, 2.45) is 17.8 Å². The van der Waals surface area contributed by atoms with Crippen LogP contribution in [0.5, 0.6) is 0 Å². The van der Waals surface area contributed by atoms with Crippen molar-refractivity contribution in [3.05, 3.63) is 0 Å². The average molecular weight is 222 g/mol. The van der Waals surface area contributed by atoms with Crippen molar-refractivity contribution in [2.75, 3.05) is 0 Å². The fourth-order valence-electron chi connectivity index (χ4n) is 3.84. The third-order valence-corrected chi connectivity index (χ3v) is 4.75. The van der Waals surface area contributed by atoms with Gasteiger partial charge >= 0.3 is 0 Å². The largest absolute Gasteiger partial charge is 0.300 e. The van der Waals surface area contributed by atoms with Gasteiger partial charge in [-0.1, -0.05) is 45.4 Å². The normalized spacial score (nSPS) is 33.3. The van der Waals surface area contributed by atoms with E-state index in [0.29, 0.717) is 5.78 Å². The number of hydrogen-bond acceptors (Lipinski definition) is 1. The van der Waals surface area contributed by atoms with E-state index in [4.69, 9.17) is 0 Å². The summed E-state index contributed by atoms with van der Waals surface area (Å²) in [5.74, 6) is 3.02. The van der Waals surface area contributed by atoms with E-state index in [1.54, 1.807) is 0 Å². The van der Waals surface area contributed by atoms with E-state index in [-0.39, 0.29) is 0 Å². The van der Waals surface area contributed by atoms with Gasteiger partial charge in [-0.25, -0.2) is 0 Å². The Morgan fingerprint density at radius 2 is 1.88 bits per heavy atom. The molecule has 1 nitrogen and oxygen atoms in total. The molecule has 0 aliphatic heterocycles. The molecule has 0 aromatic rings. The first kappa shape index (κ1) is 12.1. The van der Waals surface area contributed by atoms with Gasteiger partial charge in [0.15, 0.2) is 0 Å². The van der Waals surface area contributed by atoms with Crippen LogP contribution >= 0.6 is 0 Å². The first-order valence-electron chi connectivity index (χ1n) is 7.33. The molecule has 0 N–H and O–H groups in total. The van der Waals surface area contributed by atoms with Gasteiger partial charge in [-0.2, -0.15) is 0 Å². The van der Waals surface area contributed by atoms with Crippen LogP contribution < -0.4 is 0 Å². The molecule has 0 saturated heterocycles. The van der Waals surface area contributed by atoms with Crippen molar-refractivity contribution in [3.63, 3.8) is 0 Å². The van der Waals surface area contributed by atoms with Crippen LogP contribution in [0.1, 0.15) is 71.1 Å². The molecule has 0 aromatic heterocycles. The summed E-state index contributed by atoms with van der Waals surface area (Å²) in [6, 6.07) is 0. The van der Waals surface area contributed by atoms with Crippen LogP contribution in [-0.2, 0) is 4.79 Å². The molecule has 2 aliphatic carbocycles. The predicted molar refractivity (Wildman–Crippen MR) is 67.3 cm³/mol. The van der Waals surface area contributed by atoms with Crippen LogP contribution in [0.25, 0.3) is 0 Å². The minimum absolute atomic E-state index is 0.547. The van der Waals surface area contributed by atoms with E-state index in [9.17, 15) is 4.79 Å². The molecule has 0 aromatic carbocycles. The van der Waals surface area contributed by atoms with Gasteiger partial charge in [-0.15, -0.1) is 0 Å². The molecule has 92 valence electrons. The van der Waals surface area contributed by atoms with Crippen molar-refractivity contribution >= 4 is 5.78 Å². The molecular weight excluding hydrogens is 196 g/mol. The third-order valence-electron chi connectivity index (χ3n) is 4.75. The summed E-state index contributed by atoms with van der Waals surface area (Å²) in [6.07, 6.45) is 13.0. The quantitative estimate of drug-likeness (QED) is 0.610. The Morgan fingerprint density at radius 3 is 2.69 bits per heavy atom. The highest BCUT2D eigenvalue weighted by molar-refractivity contribution is 5.81. The second-order valence-electron chi connectivity index (χ2n) is 5.91. The van der Waals surface area contributed by atoms with Crippen LogP contribution in [0.3, 0.4) is 0 Å². The minimum atomic E-state index is 0.547. The Bertz CT molecular complexity index is 234. The first-order chi connectivity index (χ1) is 7.81. The van der Waals surface area contributed by atoms with Gasteiger partial charge in [-0.3, -0.25) is 4.79 Å². The van der Waals surface area contributed by atoms with Crippen molar-refractivity contribution in [1.82, 2.24) is 0 Å². The maximum absolute atomic E-state index is 11.4. The van der Waals surface area contributed by atoms with Gasteiger partial charge < -0.3 is 0 Å². The van der Waals surface area contributed by atoms with E-state index in [1.807, 2.05) is 0 Å². The van der Waals surface area contributed by atoms with Crippen LogP contribution in [0.15, 0.2) is 0 Å². The smallest absolute Gasteiger partial charge is 0.133 e. The summed E-state index contributed by atoms with van der Waals surface area (Å²) < 4.78 is 0. The second-order valence-corrected chi connectivity index (χ2v) is 5.91. The fraction of sp³-hybridized carbons (Fsp3) is 0.933. The van der Waals surface area contributed by atoms with Crippen LogP contribution in [-0.4, -0.2) is 5.78 Å². The average Bonchev–Trinajstić information content (AvgIpc) is 2.78. The minimum Gasteiger partial charge on any atom is -0.300 e. The molecule has 0 radical (unpaired) electrons. The molecule has 2 fully saturated rings. The van der Waals surface area contributed by atoms with Crippen LogP contribution in [0.4, 0.5) is 0 Å². The predicted octanol–water partition coefficient (Wildman–Crippen LogP) is 4.35. The molecule has 0 spiro atoms. The lowest BCUT2D eigenvalue weighted by molar-refractivity contribution is -0.118. The van der Waals surface area contributed by atoms with E-state index < -0.39 is 0 Å². The first-order valence-corrected chi connectivity index (χ1v) is 7.33. The highest BCUT2D eigenvalue weighted by Gasteiger charge is 2.41. The summed E-state index contributed by atoms with van der Waals surface area (Å²) in [4.78, 5) is 11.4. The summed E-state index contributed by atoms with van der Waals surface area (Å²) in [5.41, 5.74) is 0. The van der Waals surface area contributed by atoms with Gasteiger partial charge in [0.05, 0.1) is 0 Å². The molecule has 16 heavy (non-hydrogen) atoms. The highest BCUT2D eigenvalue weighted by Crippen LogP contribution is 2.47. The maximum Gasteiger partial charge on any atom is 0.133 e. The Balaban J connectivity index is 1.65. The summed E-state index contributed by atoms with van der Waals surface area (Å²) >= 11 is 0. The molecule has 3 atom stereocenters. The number of unbranched alkanes of at least 4 members (excludes halogenated alkanes) is 4. The molecule has 0 amide bonds. The van der Waals surface area contributed by atoms with E-state index in [0.717, 1.165) is 30.6 Å². The monoisotopic (exact) mass is 222 g/mol. The Labute approximate surface area is 100.0 Å². The van der Waals surface area contributed by atoms with Crippen molar-refractivity contribution < 1.29 is 4.79 Å². The topological polar surface area (TPSA) is 17.1 Å². The Hall–Kier alpha value is -0.330. The number of rotatable bonds is 6. The molecule has 2 saturated carbocycles. The SMILES string of the molecule is CCCCCCCC1CCC2CC(=O)CC12. The number of Topliss-reactive ketones (excluding diaryl/α,β-unsaturated/α-hetero) is 1. The Kier molecular flexibility index (Phi) is 4.43. The van der Waals surface area contributed by atoms with Crippen molar-refractivity contribution in [1.29, 1.82) is 0 Å². The second kappa shape index (κ2) is 5.84. The van der Waals surface area contributed by atoms with Gasteiger partial charge in [0.1, 0.15) is 5.78 Å². The van der Waals surface area contributed by atoms with Gasteiger partial charge in [0, 0.05) is 12.8 Å². The van der Waals surface area contributed by atoms with Crippen molar-refractivity contribution in [3.8, 4) is 0 Å². The van der Waals surface area contributed by atoms with Gasteiger partial charge in [0.25, 0.3) is 0 Å². The summed E-state index contributed by atoms with van der Waals surface area (Å²) in [6.45, 7) is 2.27. The van der Waals surface area contributed by atoms with E-state index in [2.05, 4.69) is 6.92 Å². The molecule has 1 heteroatoms. The van der Waals surface area contributed by atoms with Crippen LogP contribution in [0, 0.1) is 17.8 Å². The highest BCUT2D eigenvalue weighted by atomic mass is 16.1. The molecular formula is C15H26O.